The van der Waals surface area contributed by atoms with Gasteiger partial charge in [-0.25, -0.2) is 9.59 Å². The Morgan fingerprint density at radius 2 is 1.94 bits per heavy atom. The molecule has 0 spiro atoms. The van der Waals surface area contributed by atoms with Crippen LogP contribution in [0.1, 0.15) is 39.5 Å². The van der Waals surface area contributed by atoms with Crippen molar-refractivity contribution in [1.82, 2.24) is 10.2 Å². The van der Waals surface area contributed by atoms with Crippen molar-refractivity contribution >= 4 is 12.0 Å². The highest BCUT2D eigenvalue weighted by molar-refractivity contribution is 5.82. The Labute approximate surface area is 107 Å². The van der Waals surface area contributed by atoms with Crippen LogP contribution in [0.2, 0.25) is 0 Å². The maximum atomic E-state index is 11.9. The van der Waals surface area contributed by atoms with Crippen molar-refractivity contribution in [3.05, 3.63) is 0 Å². The van der Waals surface area contributed by atoms with Gasteiger partial charge in [0.15, 0.2) is 0 Å². The van der Waals surface area contributed by atoms with Gasteiger partial charge in [-0.05, 0) is 26.2 Å². The van der Waals surface area contributed by atoms with Gasteiger partial charge in [0.2, 0.25) is 0 Å². The summed E-state index contributed by atoms with van der Waals surface area (Å²) in [5, 5.41) is 21.3. The van der Waals surface area contributed by atoms with Crippen LogP contribution in [-0.2, 0) is 4.79 Å². The Hall–Kier alpha value is -1.30. The molecule has 0 radical (unpaired) electrons. The van der Waals surface area contributed by atoms with Crippen LogP contribution in [0.25, 0.3) is 0 Å². The molecule has 1 aliphatic rings. The normalized spacial score (nSPS) is 20.3. The SMILES string of the molecule is CCC[C@@H](NC(=O)N1CCC(C)(O)CC1)C(=O)O. The minimum absolute atomic E-state index is 0.355. The largest absolute Gasteiger partial charge is 0.480 e. The number of piperidine rings is 1. The van der Waals surface area contributed by atoms with Crippen molar-refractivity contribution in [2.75, 3.05) is 13.1 Å². The second kappa shape index (κ2) is 6.04. The molecular weight excluding hydrogens is 236 g/mol. The summed E-state index contributed by atoms with van der Waals surface area (Å²) in [6, 6.07) is -1.18. The molecule has 0 bridgehead atoms. The van der Waals surface area contributed by atoms with E-state index in [9.17, 15) is 14.7 Å². The third-order valence-electron chi connectivity index (χ3n) is 3.30. The average molecular weight is 258 g/mol. The number of urea groups is 1. The van der Waals surface area contributed by atoms with Gasteiger partial charge in [0.05, 0.1) is 5.60 Å². The molecule has 104 valence electrons. The van der Waals surface area contributed by atoms with Gasteiger partial charge in [-0.1, -0.05) is 13.3 Å². The van der Waals surface area contributed by atoms with Crippen LogP contribution in [0.15, 0.2) is 0 Å². The van der Waals surface area contributed by atoms with E-state index >= 15 is 0 Å². The zero-order valence-corrected chi connectivity index (χ0v) is 11.0. The van der Waals surface area contributed by atoms with E-state index in [1.165, 1.54) is 0 Å². The molecule has 6 heteroatoms. The number of amides is 2. The van der Waals surface area contributed by atoms with Gasteiger partial charge >= 0.3 is 12.0 Å². The summed E-state index contributed by atoms with van der Waals surface area (Å²) in [6.45, 7) is 4.54. The van der Waals surface area contributed by atoms with E-state index in [-0.39, 0.29) is 6.03 Å². The van der Waals surface area contributed by atoms with Gasteiger partial charge in [0, 0.05) is 13.1 Å². The van der Waals surface area contributed by atoms with Crippen molar-refractivity contribution < 1.29 is 19.8 Å². The van der Waals surface area contributed by atoms with Gasteiger partial charge in [-0.2, -0.15) is 0 Å². The Morgan fingerprint density at radius 1 is 1.39 bits per heavy atom. The first-order valence-electron chi connectivity index (χ1n) is 6.36. The molecule has 0 aliphatic carbocycles. The summed E-state index contributed by atoms with van der Waals surface area (Å²) in [7, 11) is 0. The fraction of sp³-hybridized carbons (Fsp3) is 0.833. The average Bonchev–Trinajstić information content (AvgIpc) is 2.28. The smallest absolute Gasteiger partial charge is 0.326 e. The molecule has 0 unspecified atom stereocenters. The Morgan fingerprint density at radius 3 is 2.39 bits per heavy atom. The van der Waals surface area contributed by atoms with E-state index in [1.54, 1.807) is 11.8 Å². The number of carbonyl (C=O) groups excluding carboxylic acids is 1. The highest BCUT2D eigenvalue weighted by Gasteiger charge is 2.30. The zero-order chi connectivity index (χ0) is 13.8. The molecule has 0 aromatic carbocycles. The number of hydrogen-bond acceptors (Lipinski definition) is 3. The van der Waals surface area contributed by atoms with Crippen LogP contribution in [0, 0.1) is 0 Å². The van der Waals surface area contributed by atoms with Crippen LogP contribution in [0.5, 0.6) is 0 Å². The molecule has 0 aromatic heterocycles. The molecular formula is C12H22N2O4. The molecule has 0 aromatic rings. The van der Waals surface area contributed by atoms with E-state index in [0.717, 1.165) is 0 Å². The molecule has 0 saturated carbocycles. The van der Waals surface area contributed by atoms with Crippen molar-refractivity contribution in [3.63, 3.8) is 0 Å². The number of rotatable bonds is 4. The number of carboxylic acids is 1. The van der Waals surface area contributed by atoms with Gasteiger partial charge in [-0.3, -0.25) is 0 Å². The first-order chi connectivity index (χ1) is 8.35. The predicted molar refractivity (Wildman–Crippen MR) is 66.3 cm³/mol. The molecule has 18 heavy (non-hydrogen) atoms. The maximum Gasteiger partial charge on any atom is 0.326 e. The van der Waals surface area contributed by atoms with Crippen LogP contribution >= 0.6 is 0 Å². The Balaban J connectivity index is 2.47. The zero-order valence-electron chi connectivity index (χ0n) is 11.0. The first kappa shape index (κ1) is 14.8. The van der Waals surface area contributed by atoms with E-state index in [0.29, 0.717) is 38.8 Å². The third kappa shape index (κ3) is 4.18. The standard InChI is InChI=1S/C12H22N2O4/c1-3-4-9(10(15)16)13-11(17)14-7-5-12(2,18)6-8-14/h9,18H,3-8H2,1-2H3,(H,13,17)(H,15,16)/t9-/m1/s1. The number of hydrogen-bond donors (Lipinski definition) is 3. The third-order valence-corrected chi connectivity index (χ3v) is 3.30. The lowest BCUT2D eigenvalue weighted by atomic mass is 9.94. The molecule has 1 atom stereocenters. The van der Waals surface area contributed by atoms with Crippen molar-refractivity contribution in [3.8, 4) is 0 Å². The maximum absolute atomic E-state index is 11.9. The van der Waals surface area contributed by atoms with Crippen molar-refractivity contribution in [2.45, 2.75) is 51.2 Å². The summed E-state index contributed by atoms with van der Waals surface area (Å²) >= 11 is 0. The summed E-state index contributed by atoms with van der Waals surface area (Å²) in [5.41, 5.74) is -0.716. The quantitative estimate of drug-likeness (QED) is 0.695. The minimum Gasteiger partial charge on any atom is -0.480 e. The first-order valence-corrected chi connectivity index (χ1v) is 6.36. The lowest BCUT2D eigenvalue weighted by molar-refractivity contribution is -0.139. The number of aliphatic hydroxyl groups is 1. The van der Waals surface area contributed by atoms with Crippen LogP contribution < -0.4 is 5.32 Å². The molecule has 6 nitrogen and oxygen atoms in total. The summed E-state index contributed by atoms with van der Waals surface area (Å²) in [5.74, 6) is -1.01. The number of carboxylic acid groups (broad SMARTS) is 1. The molecule has 1 heterocycles. The fourth-order valence-electron chi connectivity index (χ4n) is 1.98. The minimum atomic E-state index is -1.01. The second-order valence-electron chi connectivity index (χ2n) is 5.11. The molecule has 1 fully saturated rings. The molecule has 1 saturated heterocycles. The highest BCUT2D eigenvalue weighted by Crippen LogP contribution is 2.21. The van der Waals surface area contributed by atoms with Crippen LogP contribution in [0.4, 0.5) is 4.79 Å². The van der Waals surface area contributed by atoms with Gasteiger partial charge in [0.25, 0.3) is 0 Å². The molecule has 1 rings (SSSR count). The van der Waals surface area contributed by atoms with E-state index in [4.69, 9.17) is 5.11 Å². The topological polar surface area (TPSA) is 89.9 Å². The van der Waals surface area contributed by atoms with Crippen molar-refractivity contribution in [1.29, 1.82) is 0 Å². The van der Waals surface area contributed by atoms with E-state index in [1.807, 2.05) is 6.92 Å². The Bertz CT molecular complexity index is 307. The lowest BCUT2D eigenvalue weighted by Crippen LogP contribution is -2.52. The number of likely N-dealkylation sites (tertiary alicyclic amines) is 1. The number of nitrogens with zero attached hydrogens (tertiary/aromatic N) is 1. The fourth-order valence-corrected chi connectivity index (χ4v) is 1.98. The molecule has 2 amide bonds. The summed E-state index contributed by atoms with van der Waals surface area (Å²) < 4.78 is 0. The monoisotopic (exact) mass is 258 g/mol. The van der Waals surface area contributed by atoms with E-state index in [2.05, 4.69) is 5.32 Å². The Kier molecular flexibility index (Phi) is 4.95. The van der Waals surface area contributed by atoms with Gasteiger partial charge in [0.1, 0.15) is 6.04 Å². The highest BCUT2D eigenvalue weighted by atomic mass is 16.4. The van der Waals surface area contributed by atoms with Crippen LogP contribution in [0.3, 0.4) is 0 Å². The van der Waals surface area contributed by atoms with Gasteiger partial charge in [-0.15, -0.1) is 0 Å². The van der Waals surface area contributed by atoms with Crippen molar-refractivity contribution in [2.24, 2.45) is 0 Å². The summed E-state index contributed by atoms with van der Waals surface area (Å²) in [4.78, 5) is 24.4. The van der Waals surface area contributed by atoms with E-state index < -0.39 is 17.6 Å². The number of nitrogens with one attached hydrogen (secondary N) is 1. The number of aliphatic carboxylic acids is 1. The van der Waals surface area contributed by atoms with Gasteiger partial charge < -0.3 is 20.4 Å². The lowest BCUT2D eigenvalue weighted by Gasteiger charge is -2.36. The second-order valence-corrected chi connectivity index (χ2v) is 5.11. The predicted octanol–water partition coefficient (Wildman–Crippen LogP) is 0.796. The molecule has 1 aliphatic heterocycles. The van der Waals surface area contributed by atoms with Crippen LogP contribution in [-0.4, -0.2) is 51.8 Å². The molecule has 3 N–H and O–H groups in total. The summed E-state index contributed by atoms with van der Waals surface area (Å²) in [6.07, 6.45) is 2.16. The number of carbonyl (C=O) groups is 2.